The summed E-state index contributed by atoms with van der Waals surface area (Å²) in [7, 11) is 0. The van der Waals surface area contributed by atoms with Crippen molar-refractivity contribution in [1.82, 2.24) is 4.98 Å². The summed E-state index contributed by atoms with van der Waals surface area (Å²) in [5.74, 6) is 0.420. The third kappa shape index (κ3) is 2.14. The molecule has 0 saturated carbocycles. The molecule has 0 amide bonds. The SMILES string of the molecule is CC(C)c1cc2cccc(N)c2nc1-c1ccccc1. The zero-order chi connectivity index (χ0) is 14.1. The van der Waals surface area contributed by atoms with Crippen molar-refractivity contribution >= 4 is 16.6 Å². The second-order valence-corrected chi connectivity index (χ2v) is 5.37. The Morgan fingerprint density at radius 2 is 1.70 bits per heavy atom. The number of hydrogen-bond donors (Lipinski definition) is 1. The van der Waals surface area contributed by atoms with E-state index in [4.69, 9.17) is 10.7 Å². The van der Waals surface area contributed by atoms with Crippen molar-refractivity contribution in [2.45, 2.75) is 19.8 Å². The first kappa shape index (κ1) is 12.7. The van der Waals surface area contributed by atoms with Crippen LogP contribution in [0, 0.1) is 0 Å². The predicted molar refractivity (Wildman–Crippen MR) is 85.7 cm³/mol. The van der Waals surface area contributed by atoms with Crippen LogP contribution in [0.4, 0.5) is 5.69 Å². The van der Waals surface area contributed by atoms with E-state index in [9.17, 15) is 0 Å². The second kappa shape index (κ2) is 4.97. The highest BCUT2D eigenvalue weighted by atomic mass is 14.7. The molecule has 0 bridgehead atoms. The summed E-state index contributed by atoms with van der Waals surface area (Å²) >= 11 is 0. The molecule has 20 heavy (non-hydrogen) atoms. The summed E-state index contributed by atoms with van der Waals surface area (Å²) < 4.78 is 0. The topological polar surface area (TPSA) is 38.9 Å². The minimum Gasteiger partial charge on any atom is -0.397 e. The summed E-state index contributed by atoms with van der Waals surface area (Å²) in [6, 6.07) is 18.5. The molecule has 1 heterocycles. The highest BCUT2D eigenvalue weighted by Gasteiger charge is 2.12. The second-order valence-electron chi connectivity index (χ2n) is 5.37. The first-order chi connectivity index (χ1) is 9.66. The molecule has 0 fully saturated rings. The van der Waals surface area contributed by atoms with E-state index < -0.39 is 0 Å². The first-order valence-corrected chi connectivity index (χ1v) is 6.91. The fraction of sp³-hybridized carbons (Fsp3) is 0.167. The van der Waals surface area contributed by atoms with E-state index in [1.807, 2.05) is 30.3 Å². The van der Waals surface area contributed by atoms with Gasteiger partial charge in [0.25, 0.3) is 0 Å². The molecule has 2 heteroatoms. The normalized spacial score (nSPS) is 11.2. The molecule has 0 aliphatic carbocycles. The minimum atomic E-state index is 0.420. The third-order valence-corrected chi connectivity index (χ3v) is 3.58. The minimum absolute atomic E-state index is 0.420. The van der Waals surface area contributed by atoms with Crippen LogP contribution in [-0.2, 0) is 0 Å². The van der Waals surface area contributed by atoms with Crippen molar-refractivity contribution in [2.24, 2.45) is 0 Å². The Morgan fingerprint density at radius 3 is 2.40 bits per heavy atom. The van der Waals surface area contributed by atoms with Gasteiger partial charge in [-0.15, -0.1) is 0 Å². The fourth-order valence-corrected chi connectivity index (χ4v) is 2.51. The first-order valence-electron chi connectivity index (χ1n) is 6.91. The van der Waals surface area contributed by atoms with E-state index in [0.29, 0.717) is 5.92 Å². The molecular formula is C18H18N2. The molecule has 2 aromatic carbocycles. The molecule has 0 radical (unpaired) electrons. The average Bonchev–Trinajstić information content (AvgIpc) is 2.47. The van der Waals surface area contributed by atoms with Gasteiger partial charge in [0.05, 0.1) is 16.9 Å². The molecule has 100 valence electrons. The van der Waals surface area contributed by atoms with Gasteiger partial charge in [-0.2, -0.15) is 0 Å². The number of pyridine rings is 1. The van der Waals surface area contributed by atoms with Gasteiger partial charge >= 0.3 is 0 Å². The van der Waals surface area contributed by atoms with Crippen LogP contribution in [0.2, 0.25) is 0 Å². The average molecular weight is 262 g/mol. The monoisotopic (exact) mass is 262 g/mol. The van der Waals surface area contributed by atoms with Crippen LogP contribution in [0.25, 0.3) is 22.2 Å². The molecular weight excluding hydrogens is 244 g/mol. The van der Waals surface area contributed by atoms with Crippen molar-refractivity contribution in [3.8, 4) is 11.3 Å². The summed E-state index contributed by atoms with van der Waals surface area (Å²) in [5.41, 5.74) is 11.1. The van der Waals surface area contributed by atoms with Gasteiger partial charge in [0.1, 0.15) is 0 Å². The molecule has 2 nitrogen and oxygen atoms in total. The van der Waals surface area contributed by atoms with E-state index in [-0.39, 0.29) is 0 Å². The van der Waals surface area contributed by atoms with Crippen LogP contribution in [-0.4, -0.2) is 4.98 Å². The molecule has 3 rings (SSSR count). The van der Waals surface area contributed by atoms with Gasteiger partial charge in [-0.3, -0.25) is 0 Å². The number of benzene rings is 2. The molecule has 0 atom stereocenters. The van der Waals surface area contributed by atoms with E-state index in [1.54, 1.807) is 0 Å². The molecule has 0 aliphatic rings. The van der Waals surface area contributed by atoms with Crippen molar-refractivity contribution < 1.29 is 0 Å². The fourth-order valence-electron chi connectivity index (χ4n) is 2.51. The van der Waals surface area contributed by atoms with Gasteiger partial charge in [-0.1, -0.05) is 56.3 Å². The van der Waals surface area contributed by atoms with E-state index in [1.165, 1.54) is 5.56 Å². The Labute approximate surface area is 119 Å². The Hall–Kier alpha value is -2.35. The standard InChI is InChI=1S/C18H18N2/c1-12(2)15-11-14-9-6-10-16(19)18(14)20-17(15)13-7-4-3-5-8-13/h3-12H,19H2,1-2H3. The summed E-state index contributed by atoms with van der Waals surface area (Å²) in [4.78, 5) is 4.84. The zero-order valence-electron chi connectivity index (χ0n) is 11.8. The number of nitrogen functional groups attached to an aromatic ring is 1. The largest absolute Gasteiger partial charge is 0.397 e. The number of hydrogen-bond acceptors (Lipinski definition) is 2. The summed E-state index contributed by atoms with van der Waals surface area (Å²) in [5, 5.41) is 1.10. The number of aromatic nitrogens is 1. The van der Waals surface area contributed by atoms with Gasteiger partial charge in [-0.05, 0) is 23.6 Å². The van der Waals surface area contributed by atoms with Gasteiger partial charge < -0.3 is 5.73 Å². The predicted octanol–water partition coefficient (Wildman–Crippen LogP) is 4.61. The number of nitrogens with two attached hydrogens (primary N) is 1. The quantitative estimate of drug-likeness (QED) is 0.685. The van der Waals surface area contributed by atoms with E-state index >= 15 is 0 Å². The Bertz CT molecular complexity index is 746. The van der Waals surface area contributed by atoms with E-state index in [0.717, 1.165) is 27.8 Å². The number of para-hydroxylation sites is 1. The van der Waals surface area contributed by atoms with Crippen molar-refractivity contribution in [1.29, 1.82) is 0 Å². The Kier molecular flexibility index (Phi) is 3.15. The zero-order valence-corrected chi connectivity index (χ0v) is 11.8. The maximum atomic E-state index is 6.07. The lowest BCUT2D eigenvalue weighted by molar-refractivity contribution is 0.865. The van der Waals surface area contributed by atoms with Crippen LogP contribution in [0.15, 0.2) is 54.6 Å². The third-order valence-electron chi connectivity index (χ3n) is 3.58. The van der Waals surface area contributed by atoms with Crippen LogP contribution < -0.4 is 5.73 Å². The van der Waals surface area contributed by atoms with Gasteiger partial charge in [0.15, 0.2) is 0 Å². The molecule has 0 spiro atoms. The van der Waals surface area contributed by atoms with Crippen LogP contribution in [0.5, 0.6) is 0 Å². The lowest BCUT2D eigenvalue weighted by atomic mass is 9.95. The Morgan fingerprint density at radius 1 is 0.950 bits per heavy atom. The molecule has 1 aromatic heterocycles. The molecule has 0 aliphatic heterocycles. The highest BCUT2D eigenvalue weighted by Crippen LogP contribution is 2.32. The summed E-state index contributed by atoms with van der Waals surface area (Å²) in [6.45, 7) is 4.39. The van der Waals surface area contributed by atoms with Gasteiger partial charge in [0, 0.05) is 10.9 Å². The molecule has 0 unspecified atom stereocenters. The van der Waals surface area contributed by atoms with Crippen LogP contribution in [0.1, 0.15) is 25.3 Å². The van der Waals surface area contributed by atoms with Crippen LogP contribution >= 0.6 is 0 Å². The molecule has 2 N–H and O–H groups in total. The lowest BCUT2D eigenvalue weighted by Gasteiger charge is -2.14. The van der Waals surface area contributed by atoms with Crippen molar-refractivity contribution in [3.05, 3.63) is 60.2 Å². The summed E-state index contributed by atoms with van der Waals surface area (Å²) in [6.07, 6.45) is 0. The molecule has 0 saturated heterocycles. The van der Waals surface area contributed by atoms with Crippen LogP contribution in [0.3, 0.4) is 0 Å². The maximum Gasteiger partial charge on any atom is 0.0938 e. The Balaban J connectivity index is 2.34. The van der Waals surface area contributed by atoms with Crippen molar-refractivity contribution in [2.75, 3.05) is 5.73 Å². The number of fused-ring (bicyclic) bond motifs is 1. The smallest absolute Gasteiger partial charge is 0.0938 e. The maximum absolute atomic E-state index is 6.07. The van der Waals surface area contributed by atoms with E-state index in [2.05, 4.69) is 38.1 Å². The number of nitrogens with zero attached hydrogens (tertiary/aromatic N) is 1. The van der Waals surface area contributed by atoms with Gasteiger partial charge in [-0.25, -0.2) is 4.98 Å². The van der Waals surface area contributed by atoms with Gasteiger partial charge in [0.2, 0.25) is 0 Å². The highest BCUT2D eigenvalue weighted by molar-refractivity contribution is 5.92. The van der Waals surface area contributed by atoms with Crippen molar-refractivity contribution in [3.63, 3.8) is 0 Å². The number of rotatable bonds is 2. The molecule has 3 aromatic rings. The number of anilines is 1. The lowest BCUT2D eigenvalue weighted by Crippen LogP contribution is -1.98.